The van der Waals surface area contributed by atoms with Crippen molar-refractivity contribution >= 4 is 5.91 Å². The van der Waals surface area contributed by atoms with Gasteiger partial charge in [0, 0.05) is 17.3 Å². The molecule has 0 bridgehead atoms. The molecule has 0 radical (unpaired) electrons. The van der Waals surface area contributed by atoms with Gasteiger partial charge >= 0.3 is 0 Å². The Hall–Kier alpha value is -3.79. The average molecular weight is 379 g/mol. The SMILES string of the molecule is Cc1cc(-c2cc(COc3ccc(C#N)c(F)c3F)ccn2)ccc1C(N)=O. The number of carbonyl (C=O) groups is 1. The van der Waals surface area contributed by atoms with Crippen LogP contribution < -0.4 is 10.5 Å². The molecule has 3 rings (SSSR count). The maximum absolute atomic E-state index is 13.9. The van der Waals surface area contributed by atoms with Crippen LogP contribution >= 0.6 is 0 Å². The number of nitriles is 1. The van der Waals surface area contributed by atoms with Crippen LogP contribution in [0.2, 0.25) is 0 Å². The summed E-state index contributed by atoms with van der Waals surface area (Å²) in [5, 5.41) is 8.72. The fraction of sp³-hybridized carbons (Fsp3) is 0.0952. The quantitative estimate of drug-likeness (QED) is 0.728. The number of nitrogens with zero attached hydrogens (tertiary/aromatic N) is 2. The number of hydrogen-bond donors (Lipinski definition) is 1. The van der Waals surface area contributed by atoms with Crippen LogP contribution in [0.5, 0.6) is 5.75 Å². The van der Waals surface area contributed by atoms with Crippen molar-refractivity contribution in [3.63, 3.8) is 0 Å². The number of rotatable bonds is 5. The summed E-state index contributed by atoms with van der Waals surface area (Å²) in [6, 6.07) is 12.5. The van der Waals surface area contributed by atoms with Gasteiger partial charge in [-0.05, 0) is 54.4 Å². The molecule has 0 unspecified atom stereocenters. The molecule has 0 atom stereocenters. The second-order valence-electron chi connectivity index (χ2n) is 6.08. The molecule has 2 aromatic carbocycles. The standard InChI is InChI=1S/C21H15F2N3O2/c1-12-8-14(2-4-16(12)21(25)27)17-9-13(6-7-26-17)11-28-18-5-3-15(10-24)19(22)20(18)23/h2-9H,11H2,1H3,(H2,25,27). The van der Waals surface area contributed by atoms with Crippen LogP contribution in [-0.2, 0) is 6.61 Å². The molecule has 0 aliphatic heterocycles. The van der Waals surface area contributed by atoms with Gasteiger partial charge in [-0.25, -0.2) is 4.39 Å². The van der Waals surface area contributed by atoms with Gasteiger partial charge in [-0.2, -0.15) is 9.65 Å². The van der Waals surface area contributed by atoms with Crippen molar-refractivity contribution in [2.24, 2.45) is 5.73 Å². The minimum atomic E-state index is -1.24. The number of halogens is 2. The number of ether oxygens (including phenoxy) is 1. The molecule has 1 heterocycles. The molecule has 0 saturated heterocycles. The van der Waals surface area contributed by atoms with E-state index in [0.717, 1.165) is 17.2 Å². The molecule has 7 heteroatoms. The van der Waals surface area contributed by atoms with E-state index in [4.69, 9.17) is 15.7 Å². The summed E-state index contributed by atoms with van der Waals surface area (Å²) in [5.41, 5.74) is 8.19. The van der Waals surface area contributed by atoms with Crippen molar-refractivity contribution < 1.29 is 18.3 Å². The van der Waals surface area contributed by atoms with E-state index >= 15 is 0 Å². The third-order valence-electron chi connectivity index (χ3n) is 4.17. The summed E-state index contributed by atoms with van der Waals surface area (Å²) in [5.74, 6) is -3.22. The van der Waals surface area contributed by atoms with Gasteiger partial charge in [0.25, 0.3) is 0 Å². The van der Waals surface area contributed by atoms with Crippen LogP contribution in [0, 0.1) is 29.9 Å². The number of aromatic nitrogens is 1. The second kappa shape index (κ2) is 7.84. The summed E-state index contributed by atoms with van der Waals surface area (Å²) in [6.07, 6.45) is 1.57. The molecular formula is C21H15F2N3O2. The van der Waals surface area contributed by atoms with E-state index in [-0.39, 0.29) is 17.9 Å². The topological polar surface area (TPSA) is 89.0 Å². The lowest BCUT2D eigenvalue weighted by Crippen LogP contribution is -2.12. The molecule has 1 amide bonds. The van der Waals surface area contributed by atoms with Crippen LogP contribution in [0.1, 0.15) is 27.0 Å². The predicted molar refractivity (Wildman–Crippen MR) is 98.3 cm³/mol. The van der Waals surface area contributed by atoms with Gasteiger partial charge in [-0.1, -0.05) is 6.07 Å². The molecule has 28 heavy (non-hydrogen) atoms. The normalized spacial score (nSPS) is 10.4. The molecular weight excluding hydrogens is 364 g/mol. The van der Waals surface area contributed by atoms with E-state index in [2.05, 4.69) is 4.98 Å². The Bertz CT molecular complexity index is 1110. The monoisotopic (exact) mass is 379 g/mol. The lowest BCUT2D eigenvalue weighted by molar-refractivity contribution is 0.0999. The number of benzene rings is 2. The van der Waals surface area contributed by atoms with Crippen LogP contribution in [-0.4, -0.2) is 10.9 Å². The number of nitrogens with two attached hydrogens (primary N) is 1. The fourth-order valence-electron chi connectivity index (χ4n) is 2.71. The third-order valence-corrected chi connectivity index (χ3v) is 4.17. The Labute approximate surface area is 160 Å². The summed E-state index contributed by atoms with van der Waals surface area (Å²) >= 11 is 0. The molecule has 0 aliphatic carbocycles. The number of carbonyl (C=O) groups excluding carboxylic acids is 1. The first-order valence-electron chi connectivity index (χ1n) is 8.27. The van der Waals surface area contributed by atoms with Gasteiger partial charge in [-0.15, -0.1) is 0 Å². The van der Waals surface area contributed by atoms with E-state index in [9.17, 15) is 13.6 Å². The molecule has 5 nitrogen and oxygen atoms in total. The number of pyridine rings is 1. The van der Waals surface area contributed by atoms with Gasteiger partial charge in [0.2, 0.25) is 11.7 Å². The highest BCUT2D eigenvalue weighted by atomic mass is 19.2. The smallest absolute Gasteiger partial charge is 0.248 e. The number of amides is 1. The van der Waals surface area contributed by atoms with Crippen molar-refractivity contribution in [1.29, 1.82) is 5.26 Å². The van der Waals surface area contributed by atoms with Crippen LogP contribution in [0.3, 0.4) is 0 Å². The molecule has 0 aliphatic rings. The van der Waals surface area contributed by atoms with Crippen molar-refractivity contribution in [2.75, 3.05) is 0 Å². The molecule has 0 saturated carbocycles. The van der Waals surface area contributed by atoms with Crippen molar-refractivity contribution in [2.45, 2.75) is 13.5 Å². The second-order valence-corrected chi connectivity index (χ2v) is 6.08. The third kappa shape index (κ3) is 3.81. The number of hydrogen-bond acceptors (Lipinski definition) is 4. The predicted octanol–water partition coefficient (Wildman–Crippen LogP) is 3.88. The van der Waals surface area contributed by atoms with Crippen molar-refractivity contribution in [3.05, 3.63) is 82.5 Å². The Kier molecular flexibility index (Phi) is 5.32. The number of aryl methyl sites for hydroxylation is 1. The van der Waals surface area contributed by atoms with Gasteiger partial charge in [-0.3, -0.25) is 9.78 Å². The molecule has 1 aromatic heterocycles. The van der Waals surface area contributed by atoms with E-state index in [1.807, 2.05) is 0 Å². The summed E-state index contributed by atoms with van der Waals surface area (Å²) in [7, 11) is 0. The van der Waals surface area contributed by atoms with E-state index in [1.54, 1.807) is 49.5 Å². The van der Waals surface area contributed by atoms with Gasteiger partial charge < -0.3 is 10.5 Å². The summed E-state index contributed by atoms with van der Waals surface area (Å²) < 4.78 is 33.0. The minimum absolute atomic E-state index is 0.0177. The van der Waals surface area contributed by atoms with E-state index in [0.29, 0.717) is 16.8 Å². The molecule has 2 N–H and O–H groups in total. The largest absolute Gasteiger partial charge is 0.486 e. The van der Waals surface area contributed by atoms with Gasteiger partial charge in [0.1, 0.15) is 12.7 Å². The summed E-state index contributed by atoms with van der Waals surface area (Å²) in [4.78, 5) is 15.6. The molecule has 140 valence electrons. The van der Waals surface area contributed by atoms with Crippen LogP contribution in [0.4, 0.5) is 8.78 Å². The zero-order valence-electron chi connectivity index (χ0n) is 14.9. The van der Waals surface area contributed by atoms with E-state index < -0.39 is 17.5 Å². The first kappa shape index (κ1) is 19.0. The zero-order chi connectivity index (χ0) is 20.3. The average Bonchev–Trinajstić information content (AvgIpc) is 2.69. The number of primary amides is 1. The molecule has 3 aromatic rings. The van der Waals surface area contributed by atoms with E-state index in [1.165, 1.54) is 6.07 Å². The lowest BCUT2D eigenvalue weighted by Gasteiger charge is -2.10. The van der Waals surface area contributed by atoms with Gasteiger partial charge in [0.05, 0.1) is 11.3 Å². The summed E-state index contributed by atoms with van der Waals surface area (Å²) in [6.45, 7) is 1.76. The Morgan fingerprint density at radius 2 is 1.96 bits per heavy atom. The molecule has 0 spiro atoms. The minimum Gasteiger partial charge on any atom is -0.486 e. The zero-order valence-corrected chi connectivity index (χ0v) is 14.9. The first-order valence-corrected chi connectivity index (χ1v) is 8.27. The molecule has 0 fully saturated rings. The van der Waals surface area contributed by atoms with Crippen molar-refractivity contribution in [1.82, 2.24) is 4.98 Å². The highest BCUT2D eigenvalue weighted by Crippen LogP contribution is 2.25. The van der Waals surface area contributed by atoms with Crippen LogP contribution in [0.25, 0.3) is 11.3 Å². The maximum atomic E-state index is 13.9. The Balaban J connectivity index is 1.81. The van der Waals surface area contributed by atoms with Crippen LogP contribution in [0.15, 0.2) is 48.7 Å². The highest BCUT2D eigenvalue weighted by Gasteiger charge is 2.14. The maximum Gasteiger partial charge on any atom is 0.248 e. The fourth-order valence-corrected chi connectivity index (χ4v) is 2.71. The highest BCUT2D eigenvalue weighted by molar-refractivity contribution is 5.94. The van der Waals surface area contributed by atoms with Crippen molar-refractivity contribution in [3.8, 4) is 23.1 Å². The van der Waals surface area contributed by atoms with Gasteiger partial charge in [0.15, 0.2) is 11.6 Å². The first-order chi connectivity index (χ1) is 13.4. The Morgan fingerprint density at radius 1 is 1.18 bits per heavy atom. The Morgan fingerprint density at radius 3 is 2.64 bits per heavy atom. The lowest BCUT2D eigenvalue weighted by atomic mass is 10.0.